The summed E-state index contributed by atoms with van der Waals surface area (Å²) in [5.74, 6) is 5.42. The van der Waals surface area contributed by atoms with Gasteiger partial charge in [-0.05, 0) is 50.2 Å². The van der Waals surface area contributed by atoms with Gasteiger partial charge in [-0.15, -0.1) is 0 Å². The number of benzene rings is 1. The number of nitrogens with two attached hydrogens (primary N) is 1. The highest BCUT2D eigenvalue weighted by molar-refractivity contribution is 5.18. The number of ether oxygens (including phenoxy) is 1. The molecule has 2 atom stereocenters. The maximum atomic E-state index is 13.6. The molecule has 1 aliphatic heterocycles. The molecule has 0 spiro atoms. The smallest absolute Gasteiger partial charge is 0.126 e. The van der Waals surface area contributed by atoms with Crippen molar-refractivity contribution in [3.8, 4) is 0 Å². The molecule has 19 heavy (non-hydrogen) atoms. The van der Waals surface area contributed by atoms with Gasteiger partial charge in [0.1, 0.15) is 5.82 Å². The third kappa shape index (κ3) is 4.56. The van der Waals surface area contributed by atoms with Crippen molar-refractivity contribution >= 4 is 0 Å². The summed E-state index contributed by atoms with van der Waals surface area (Å²) in [6.07, 6.45) is 6.43. The Morgan fingerprint density at radius 1 is 1.37 bits per heavy atom. The number of halogens is 1. The lowest BCUT2D eigenvalue weighted by Crippen LogP contribution is -2.38. The second-order valence-corrected chi connectivity index (χ2v) is 5.23. The Labute approximate surface area is 114 Å². The van der Waals surface area contributed by atoms with Crippen molar-refractivity contribution in [1.82, 2.24) is 5.43 Å². The first-order valence-electron chi connectivity index (χ1n) is 7.10. The van der Waals surface area contributed by atoms with Crippen molar-refractivity contribution in [1.29, 1.82) is 0 Å². The van der Waals surface area contributed by atoms with Crippen molar-refractivity contribution in [2.75, 3.05) is 6.61 Å². The summed E-state index contributed by atoms with van der Waals surface area (Å²) in [6, 6.07) is 6.97. The van der Waals surface area contributed by atoms with Gasteiger partial charge in [0.25, 0.3) is 0 Å². The van der Waals surface area contributed by atoms with Gasteiger partial charge < -0.3 is 4.74 Å². The van der Waals surface area contributed by atoms with Crippen LogP contribution in [0.15, 0.2) is 24.3 Å². The largest absolute Gasteiger partial charge is 0.378 e. The number of rotatable bonds is 6. The standard InChI is InChI=1S/C15H23FN2O/c16-15-7-2-1-5-12(15)11-13(18-17)8-9-14-6-3-4-10-19-14/h1-2,5,7,13-14,18H,3-4,6,8-11,17H2. The van der Waals surface area contributed by atoms with Crippen LogP contribution in [0.1, 0.15) is 37.7 Å². The number of hydrazine groups is 1. The van der Waals surface area contributed by atoms with Crippen LogP contribution in [0.4, 0.5) is 4.39 Å². The minimum absolute atomic E-state index is 0.0995. The van der Waals surface area contributed by atoms with Crippen LogP contribution in [0, 0.1) is 5.82 Å². The van der Waals surface area contributed by atoms with E-state index in [2.05, 4.69) is 5.43 Å². The normalized spacial score (nSPS) is 21.3. The second kappa shape index (κ2) is 7.58. The van der Waals surface area contributed by atoms with Gasteiger partial charge in [-0.25, -0.2) is 4.39 Å². The molecule has 1 aromatic rings. The molecule has 1 aromatic carbocycles. The molecular formula is C15H23FN2O. The fourth-order valence-corrected chi connectivity index (χ4v) is 2.60. The predicted molar refractivity (Wildman–Crippen MR) is 74.0 cm³/mol. The molecule has 0 aromatic heterocycles. The molecule has 0 aliphatic carbocycles. The molecule has 1 saturated heterocycles. The Morgan fingerprint density at radius 2 is 2.21 bits per heavy atom. The van der Waals surface area contributed by atoms with Gasteiger partial charge in [-0.2, -0.15) is 0 Å². The number of nitrogens with one attached hydrogen (secondary N) is 1. The lowest BCUT2D eigenvalue weighted by atomic mass is 9.97. The highest BCUT2D eigenvalue weighted by Gasteiger charge is 2.17. The minimum Gasteiger partial charge on any atom is -0.378 e. The van der Waals surface area contributed by atoms with Crippen LogP contribution in [0.25, 0.3) is 0 Å². The van der Waals surface area contributed by atoms with E-state index in [0.29, 0.717) is 12.5 Å². The summed E-state index contributed by atoms with van der Waals surface area (Å²) in [5.41, 5.74) is 3.51. The van der Waals surface area contributed by atoms with E-state index in [9.17, 15) is 4.39 Å². The zero-order chi connectivity index (χ0) is 13.5. The Balaban J connectivity index is 1.81. The average molecular weight is 266 g/mol. The summed E-state index contributed by atoms with van der Waals surface area (Å²) in [6.45, 7) is 0.874. The molecule has 0 bridgehead atoms. The highest BCUT2D eigenvalue weighted by atomic mass is 19.1. The maximum absolute atomic E-state index is 13.6. The van der Waals surface area contributed by atoms with Gasteiger partial charge in [0.05, 0.1) is 6.10 Å². The third-order valence-corrected chi connectivity index (χ3v) is 3.77. The van der Waals surface area contributed by atoms with Crippen molar-refractivity contribution in [2.45, 2.75) is 50.7 Å². The molecule has 0 saturated carbocycles. The van der Waals surface area contributed by atoms with Gasteiger partial charge in [-0.1, -0.05) is 18.2 Å². The van der Waals surface area contributed by atoms with Crippen LogP contribution in [0.5, 0.6) is 0 Å². The lowest BCUT2D eigenvalue weighted by molar-refractivity contribution is 0.00857. The van der Waals surface area contributed by atoms with Crippen LogP contribution in [0.3, 0.4) is 0 Å². The first kappa shape index (κ1) is 14.4. The van der Waals surface area contributed by atoms with E-state index in [1.54, 1.807) is 6.07 Å². The monoisotopic (exact) mass is 266 g/mol. The predicted octanol–water partition coefficient (Wildman–Crippen LogP) is 2.55. The lowest BCUT2D eigenvalue weighted by Gasteiger charge is -2.24. The van der Waals surface area contributed by atoms with E-state index in [0.717, 1.165) is 31.4 Å². The molecule has 0 radical (unpaired) electrons. The molecule has 1 heterocycles. The second-order valence-electron chi connectivity index (χ2n) is 5.23. The topological polar surface area (TPSA) is 47.3 Å². The molecule has 4 heteroatoms. The van der Waals surface area contributed by atoms with E-state index >= 15 is 0 Å². The van der Waals surface area contributed by atoms with Gasteiger partial charge in [0.15, 0.2) is 0 Å². The molecule has 2 unspecified atom stereocenters. The number of hydrogen-bond donors (Lipinski definition) is 2. The molecular weight excluding hydrogens is 243 g/mol. The Hall–Kier alpha value is -0.970. The maximum Gasteiger partial charge on any atom is 0.126 e. The van der Waals surface area contributed by atoms with Crippen molar-refractivity contribution < 1.29 is 9.13 Å². The van der Waals surface area contributed by atoms with Crippen LogP contribution in [-0.4, -0.2) is 18.8 Å². The molecule has 2 rings (SSSR count). The summed E-state index contributed by atoms with van der Waals surface area (Å²) < 4.78 is 19.3. The molecule has 0 amide bonds. The van der Waals surface area contributed by atoms with Crippen molar-refractivity contribution in [2.24, 2.45) is 5.84 Å². The Bertz CT molecular complexity index is 380. The summed E-state index contributed by atoms with van der Waals surface area (Å²) in [5, 5.41) is 0. The van der Waals surface area contributed by atoms with Crippen molar-refractivity contribution in [3.05, 3.63) is 35.6 Å². The minimum atomic E-state index is -0.156. The van der Waals surface area contributed by atoms with Crippen molar-refractivity contribution in [3.63, 3.8) is 0 Å². The zero-order valence-corrected chi connectivity index (χ0v) is 11.3. The first-order chi connectivity index (χ1) is 9.29. The van der Waals surface area contributed by atoms with E-state index in [-0.39, 0.29) is 11.9 Å². The highest BCUT2D eigenvalue weighted by Crippen LogP contribution is 2.19. The number of hydrogen-bond acceptors (Lipinski definition) is 3. The molecule has 3 N–H and O–H groups in total. The molecule has 106 valence electrons. The Kier molecular flexibility index (Phi) is 5.76. The summed E-state index contributed by atoms with van der Waals surface area (Å²) in [4.78, 5) is 0. The molecule has 1 fully saturated rings. The van der Waals surface area contributed by atoms with Crippen LogP contribution in [-0.2, 0) is 11.2 Å². The first-order valence-corrected chi connectivity index (χ1v) is 7.10. The van der Waals surface area contributed by atoms with E-state index in [1.165, 1.54) is 18.9 Å². The zero-order valence-electron chi connectivity index (χ0n) is 11.3. The van der Waals surface area contributed by atoms with Crippen LogP contribution in [0.2, 0.25) is 0 Å². The summed E-state index contributed by atoms with van der Waals surface area (Å²) >= 11 is 0. The molecule has 1 aliphatic rings. The quantitative estimate of drug-likeness (QED) is 0.614. The van der Waals surface area contributed by atoms with Gasteiger partial charge in [0, 0.05) is 12.6 Å². The SMILES string of the molecule is NNC(CCC1CCCCO1)Cc1ccccc1F. The summed E-state index contributed by atoms with van der Waals surface area (Å²) in [7, 11) is 0. The van der Waals surface area contributed by atoms with Gasteiger partial charge in [0.2, 0.25) is 0 Å². The van der Waals surface area contributed by atoms with Crippen LogP contribution >= 0.6 is 0 Å². The fourth-order valence-electron chi connectivity index (χ4n) is 2.60. The van der Waals surface area contributed by atoms with E-state index in [4.69, 9.17) is 10.6 Å². The average Bonchev–Trinajstić information content (AvgIpc) is 2.46. The van der Waals surface area contributed by atoms with E-state index in [1.807, 2.05) is 12.1 Å². The van der Waals surface area contributed by atoms with E-state index < -0.39 is 0 Å². The Morgan fingerprint density at radius 3 is 2.89 bits per heavy atom. The molecule has 3 nitrogen and oxygen atoms in total. The van der Waals surface area contributed by atoms with Gasteiger partial charge >= 0.3 is 0 Å². The third-order valence-electron chi connectivity index (χ3n) is 3.77. The van der Waals surface area contributed by atoms with Gasteiger partial charge in [-0.3, -0.25) is 11.3 Å². The van der Waals surface area contributed by atoms with Crippen LogP contribution < -0.4 is 11.3 Å². The fraction of sp³-hybridized carbons (Fsp3) is 0.600.